The Morgan fingerprint density at radius 2 is 1.15 bits per heavy atom. The van der Waals surface area contributed by atoms with Gasteiger partial charge in [-0.25, -0.2) is 0 Å². The van der Waals surface area contributed by atoms with Crippen LogP contribution in [0.5, 0.6) is 0 Å². The van der Waals surface area contributed by atoms with Gasteiger partial charge in [0.25, 0.3) is 0 Å². The molecule has 26 heavy (non-hydrogen) atoms. The minimum Gasteiger partial charge on any atom is -0.350 e. The molecule has 0 N–H and O–H groups in total. The van der Waals surface area contributed by atoms with Crippen LogP contribution in [0.15, 0.2) is 60.9 Å². The third-order valence-electron chi connectivity index (χ3n) is 5.31. The second kappa shape index (κ2) is 6.83. The second-order valence-corrected chi connectivity index (χ2v) is 7.10. The summed E-state index contributed by atoms with van der Waals surface area (Å²) in [5, 5.41) is 2.52. The van der Waals surface area contributed by atoms with Gasteiger partial charge in [0.15, 0.2) is 0 Å². The smallest absolute Gasteiger partial charge is 0.133 e. The number of ketones is 1. The highest BCUT2D eigenvalue weighted by atomic mass is 16.1. The first-order valence-electron chi connectivity index (χ1n) is 9.21. The molecular formula is C23H24N2O. The summed E-state index contributed by atoms with van der Waals surface area (Å²) in [4.78, 5) is 12.5. The molecule has 3 nitrogen and oxygen atoms in total. The number of carbonyl (C=O) groups excluding carboxylic acids is 1. The Kier molecular flexibility index (Phi) is 4.37. The summed E-state index contributed by atoms with van der Waals surface area (Å²) in [5.74, 6) is 0.339. The molecule has 0 aliphatic carbocycles. The molecule has 0 saturated heterocycles. The summed E-state index contributed by atoms with van der Waals surface area (Å²) >= 11 is 0. The van der Waals surface area contributed by atoms with Crippen molar-refractivity contribution in [3.05, 3.63) is 72.1 Å². The van der Waals surface area contributed by atoms with Gasteiger partial charge in [-0.05, 0) is 36.1 Å². The predicted molar refractivity (Wildman–Crippen MR) is 107 cm³/mol. The highest BCUT2D eigenvalue weighted by Crippen LogP contribution is 2.23. The van der Waals surface area contributed by atoms with Crippen LogP contribution in [0, 0.1) is 0 Å². The van der Waals surface area contributed by atoms with E-state index in [1.165, 1.54) is 32.9 Å². The zero-order valence-corrected chi connectivity index (χ0v) is 15.4. The number of aryl methyl sites for hydroxylation is 4. The fourth-order valence-electron chi connectivity index (χ4n) is 3.92. The SMILES string of the molecule is Cn1cc(CCC(=O)CCc2cn(C)c3ccccc23)c2ccccc21. The van der Waals surface area contributed by atoms with Gasteiger partial charge in [0.2, 0.25) is 0 Å². The molecule has 0 atom stereocenters. The van der Waals surface area contributed by atoms with E-state index < -0.39 is 0 Å². The summed E-state index contributed by atoms with van der Waals surface area (Å²) in [6, 6.07) is 16.8. The van der Waals surface area contributed by atoms with Crippen LogP contribution in [0.4, 0.5) is 0 Å². The predicted octanol–water partition coefficient (Wildman–Crippen LogP) is 4.80. The highest BCUT2D eigenvalue weighted by Gasteiger charge is 2.11. The number of carbonyl (C=O) groups is 1. The molecule has 0 bridgehead atoms. The minimum atomic E-state index is 0.339. The van der Waals surface area contributed by atoms with Gasteiger partial charge in [0.05, 0.1) is 0 Å². The van der Waals surface area contributed by atoms with E-state index in [0.717, 1.165) is 12.8 Å². The normalized spacial score (nSPS) is 11.5. The molecular weight excluding hydrogens is 320 g/mol. The van der Waals surface area contributed by atoms with E-state index in [0.29, 0.717) is 18.6 Å². The first-order chi connectivity index (χ1) is 12.6. The molecule has 4 rings (SSSR count). The van der Waals surface area contributed by atoms with Crippen molar-refractivity contribution in [1.29, 1.82) is 0 Å². The number of nitrogens with zero attached hydrogens (tertiary/aromatic N) is 2. The maximum absolute atomic E-state index is 12.5. The average Bonchev–Trinajstić information content (AvgIpc) is 3.16. The van der Waals surface area contributed by atoms with Crippen LogP contribution in [0.3, 0.4) is 0 Å². The van der Waals surface area contributed by atoms with Gasteiger partial charge in [0.1, 0.15) is 5.78 Å². The molecule has 0 radical (unpaired) electrons. The molecule has 2 heterocycles. The van der Waals surface area contributed by atoms with Crippen LogP contribution in [-0.4, -0.2) is 14.9 Å². The summed E-state index contributed by atoms with van der Waals surface area (Å²) in [5.41, 5.74) is 4.99. The summed E-state index contributed by atoms with van der Waals surface area (Å²) in [7, 11) is 4.13. The van der Waals surface area contributed by atoms with Gasteiger partial charge < -0.3 is 9.13 Å². The molecule has 4 aromatic rings. The van der Waals surface area contributed by atoms with E-state index in [-0.39, 0.29) is 0 Å². The van der Waals surface area contributed by atoms with E-state index in [4.69, 9.17) is 0 Å². The number of rotatable bonds is 6. The van der Waals surface area contributed by atoms with Gasteiger partial charge in [-0.3, -0.25) is 4.79 Å². The lowest BCUT2D eigenvalue weighted by molar-refractivity contribution is -0.119. The van der Waals surface area contributed by atoms with Crippen LogP contribution in [0.2, 0.25) is 0 Å². The molecule has 2 aromatic carbocycles. The zero-order valence-electron chi connectivity index (χ0n) is 15.4. The molecule has 0 fully saturated rings. The Hall–Kier alpha value is -2.81. The molecule has 0 saturated carbocycles. The molecule has 0 unspecified atom stereocenters. The standard InChI is InChI=1S/C23H24N2O/c1-24-15-17(20-7-3-5-9-22(20)24)11-13-19(26)14-12-18-16-25(2)23-10-6-4-8-21(18)23/h3-10,15-16H,11-14H2,1-2H3. The lowest BCUT2D eigenvalue weighted by Crippen LogP contribution is -2.02. The molecule has 0 aliphatic heterocycles. The lowest BCUT2D eigenvalue weighted by Gasteiger charge is -2.01. The van der Waals surface area contributed by atoms with Gasteiger partial charge in [-0.15, -0.1) is 0 Å². The maximum Gasteiger partial charge on any atom is 0.133 e. The number of hydrogen-bond donors (Lipinski definition) is 0. The molecule has 2 aromatic heterocycles. The monoisotopic (exact) mass is 344 g/mol. The van der Waals surface area contributed by atoms with E-state index in [1.54, 1.807) is 0 Å². The van der Waals surface area contributed by atoms with Crippen LogP contribution >= 0.6 is 0 Å². The van der Waals surface area contributed by atoms with Crippen molar-refractivity contribution in [1.82, 2.24) is 9.13 Å². The average molecular weight is 344 g/mol. The number of Topliss-reactive ketones (excluding diaryl/α,β-unsaturated/α-hetero) is 1. The third-order valence-corrected chi connectivity index (χ3v) is 5.31. The fraction of sp³-hybridized carbons (Fsp3) is 0.261. The minimum absolute atomic E-state index is 0.339. The Morgan fingerprint density at radius 1 is 0.731 bits per heavy atom. The molecule has 3 heteroatoms. The van der Waals surface area contributed by atoms with Crippen molar-refractivity contribution in [2.24, 2.45) is 14.1 Å². The van der Waals surface area contributed by atoms with E-state index in [2.05, 4.69) is 84.2 Å². The number of fused-ring (bicyclic) bond motifs is 2. The maximum atomic E-state index is 12.5. The largest absolute Gasteiger partial charge is 0.350 e. The zero-order chi connectivity index (χ0) is 18.1. The highest BCUT2D eigenvalue weighted by molar-refractivity contribution is 5.86. The number of aromatic nitrogens is 2. The van der Waals surface area contributed by atoms with Gasteiger partial charge in [-0.2, -0.15) is 0 Å². The van der Waals surface area contributed by atoms with E-state index in [9.17, 15) is 4.79 Å². The van der Waals surface area contributed by atoms with Crippen LogP contribution in [0.1, 0.15) is 24.0 Å². The Morgan fingerprint density at radius 3 is 1.62 bits per heavy atom. The molecule has 0 amide bonds. The van der Waals surface area contributed by atoms with Crippen molar-refractivity contribution in [2.75, 3.05) is 0 Å². The number of hydrogen-bond acceptors (Lipinski definition) is 1. The quantitative estimate of drug-likeness (QED) is 0.493. The first-order valence-corrected chi connectivity index (χ1v) is 9.21. The summed E-state index contributed by atoms with van der Waals surface area (Å²) < 4.78 is 4.29. The Balaban J connectivity index is 1.41. The van der Waals surface area contributed by atoms with Crippen molar-refractivity contribution in [3.63, 3.8) is 0 Å². The Bertz CT molecular complexity index is 998. The number of para-hydroxylation sites is 2. The summed E-state index contributed by atoms with van der Waals surface area (Å²) in [6.45, 7) is 0. The van der Waals surface area contributed by atoms with Crippen molar-refractivity contribution < 1.29 is 4.79 Å². The van der Waals surface area contributed by atoms with Crippen LogP contribution in [0.25, 0.3) is 21.8 Å². The number of benzene rings is 2. The Labute approximate surface area is 153 Å². The van der Waals surface area contributed by atoms with Crippen molar-refractivity contribution in [3.8, 4) is 0 Å². The van der Waals surface area contributed by atoms with Gasteiger partial charge in [-0.1, -0.05) is 36.4 Å². The molecule has 0 spiro atoms. The topological polar surface area (TPSA) is 26.9 Å². The van der Waals surface area contributed by atoms with Crippen LogP contribution < -0.4 is 0 Å². The van der Waals surface area contributed by atoms with Crippen LogP contribution in [-0.2, 0) is 31.7 Å². The molecule has 0 aliphatic rings. The fourth-order valence-corrected chi connectivity index (χ4v) is 3.92. The van der Waals surface area contributed by atoms with E-state index >= 15 is 0 Å². The van der Waals surface area contributed by atoms with Gasteiger partial charge in [0, 0.05) is 61.1 Å². The van der Waals surface area contributed by atoms with Crippen molar-refractivity contribution >= 4 is 27.6 Å². The summed E-state index contributed by atoms with van der Waals surface area (Å²) in [6.07, 6.45) is 7.16. The van der Waals surface area contributed by atoms with Gasteiger partial charge >= 0.3 is 0 Å². The molecule has 132 valence electrons. The second-order valence-electron chi connectivity index (χ2n) is 7.10. The van der Waals surface area contributed by atoms with Crippen molar-refractivity contribution in [2.45, 2.75) is 25.7 Å². The third kappa shape index (κ3) is 3.05. The lowest BCUT2D eigenvalue weighted by atomic mass is 10.0. The first kappa shape index (κ1) is 16.6. The van der Waals surface area contributed by atoms with E-state index in [1.807, 2.05) is 0 Å².